The topological polar surface area (TPSA) is 75.4 Å². The molecule has 5 nitrogen and oxygen atoms in total. The average Bonchev–Trinajstić information content (AvgIpc) is 3.00. The van der Waals surface area contributed by atoms with Gasteiger partial charge in [-0.05, 0) is 25.3 Å². The van der Waals surface area contributed by atoms with Crippen LogP contribution in [-0.2, 0) is 16.0 Å². The zero-order valence-electron chi connectivity index (χ0n) is 13.5. The maximum atomic E-state index is 12.7. The predicted molar refractivity (Wildman–Crippen MR) is 93.4 cm³/mol. The van der Waals surface area contributed by atoms with Crippen molar-refractivity contribution in [2.75, 3.05) is 13.1 Å². The van der Waals surface area contributed by atoms with Crippen molar-refractivity contribution in [1.82, 2.24) is 10.2 Å². The Morgan fingerprint density at radius 3 is 2.39 bits per heavy atom. The first-order chi connectivity index (χ1) is 10.6. The third-order valence-corrected chi connectivity index (χ3v) is 3.84. The lowest BCUT2D eigenvalue weighted by molar-refractivity contribution is -0.135. The number of nitrogens with one attached hydrogen (secondary N) is 1. The van der Waals surface area contributed by atoms with Crippen LogP contribution in [0, 0.1) is 0 Å². The van der Waals surface area contributed by atoms with Gasteiger partial charge in [-0.2, -0.15) is 0 Å². The second kappa shape index (κ2) is 9.53. The van der Waals surface area contributed by atoms with Crippen LogP contribution in [0.5, 0.6) is 0 Å². The Hall–Kier alpha value is -1.59. The van der Waals surface area contributed by atoms with Crippen LogP contribution in [0.25, 0.3) is 0 Å². The van der Waals surface area contributed by atoms with Crippen molar-refractivity contribution in [2.24, 2.45) is 5.73 Å². The highest BCUT2D eigenvalue weighted by Crippen LogP contribution is 2.12. The molecular formula is C17H26ClN3O2. The zero-order chi connectivity index (χ0) is 15.9. The summed E-state index contributed by atoms with van der Waals surface area (Å²) in [5, 5.41) is 2.86. The molecule has 1 aliphatic heterocycles. The van der Waals surface area contributed by atoms with E-state index in [-0.39, 0.29) is 36.7 Å². The second-order valence-corrected chi connectivity index (χ2v) is 6.02. The van der Waals surface area contributed by atoms with Crippen molar-refractivity contribution in [3.63, 3.8) is 0 Å². The number of hydrogen-bond acceptors (Lipinski definition) is 3. The molecule has 0 aromatic heterocycles. The molecule has 2 amide bonds. The SMILES string of the molecule is CC(N)CC(=O)NC(Cc1ccccc1)C(=O)N1CCCC1.Cl. The normalized spacial score (nSPS) is 16.3. The van der Waals surface area contributed by atoms with E-state index in [1.807, 2.05) is 35.2 Å². The standard InChI is InChI=1S/C17H25N3O2.ClH/c1-13(18)11-16(21)19-15(12-14-7-3-2-4-8-14)17(22)20-9-5-6-10-20;/h2-4,7-8,13,15H,5-6,9-12,18H2,1H3,(H,19,21);1H. The van der Waals surface area contributed by atoms with E-state index in [2.05, 4.69) is 5.32 Å². The Morgan fingerprint density at radius 2 is 1.83 bits per heavy atom. The van der Waals surface area contributed by atoms with E-state index in [0.717, 1.165) is 31.5 Å². The van der Waals surface area contributed by atoms with Crippen molar-refractivity contribution in [2.45, 2.75) is 44.7 Å². The fraction of sp³-hybridized carbons (Fsp3) is 0.529. The molecule has 0 aliphatic carbocycles. The van der Waals surface area contributed by atoms with Crippen LogP contribution in [0.2, 0.25) is 0 Å². The molecule has 2 unspecified atom stereocenters. The van der Waals surface area contributed by atoms with Gasteiger partial charge in [-0.3, -0.25) is 9.59 Å². The maximum Gasteiger partial charge on any atom is 0.245 e. The number of nitrogens with two attached hydrogens (primary N) is 1. The first-order valence-electron chi connectivity index (χ1n) is 7.94. The van der Waals surface area contributed by atoms with Gasteiger partial charge in [0.05, 0.1) is 0 Å². The van der Waals surface area contributed by atoms with Crippen LogP contribution in [0.3, 0.4) is 0 Å². The third kappa shape index (κ3) is 6.20. The van der Waals surface area contributed by atoms with Gasteiger partial charge in [-0.1, -0.05) is 30.3 Å². The summed E-state index contributed by atoms with van der Waals surface area (Å²) in [4.78, 5) is 26.5. The minimum Gasteiger partial charge on any atom is -0.344 e. The average molecular weight is 340 g/mol. The molecule has 128 valence electrons. The van der Waals surface area contributed by atoms with Crippen LogP contribution < -0.4 is 11.1 Å². The molecular weight excluding hydrogens is 314 g/mol. The van der Waals surface area contributed by atoms with Crippen molar-refractivity contribution >= 4 is 24.2 Å². The van der Waals surface area contributed by atoms with Gasteiger partial charge >= 0.3 is 0 Å². The number of carbonyl (C=O) groups excluding carboxylic acids is 2. The highest BCUT2D eigenvalue weighted by atomic mass is 35.5. The monoisotopic (exact) mass is 339 g/mol. The molecule has 2 rings (SSSR count). The van der Waals surface area contributed by atoms with Crippen molar-refractivity contribution < 1.29 is 9.59 Å². The fourth-order valence-electron chi connectivity index (χ4n) is 2.75. The number of rotatable bonds is 6. The minimum absolute atomic E-state index is 0. The highest BCUT2D eigenvalue weighted by Gasteiger charge is 2.28. The van der Waals surface area contributed by atoms with Crippen LogP contribution in [-0.4, -0.2) is 41.9 Å². The lowest BCUT2D eigenvalue weighted by atomic mass is 10.0. The van der Waals surface area contributed by atoms with E-state index >= 15 is 0 Å². The Bertz CT molecular complexity index is 502. The highest BCUT2D eigenvalue weighted by molar-refractivity contribution is 5.88. The molecule has 1 saturated heterocycles. The summed E-state index contributed by atoms with van der Waals surface area (Å²) < 4.78 is 0. The molecule has 0 bridgehead atoms. The summed E-state index contributed by atoms with van der Waals surface area (Å²) in [5.74, 6) is -0.150. The summed E-state index contributed by atoms with van der Waals surface area (Å²) >= 11 is 0. The van der Waals surface area contributed by atoms with E-state index in [0.29, 0.717) is 6.42 Å². The Balaban J connectivity index is 0.00000264. The summed E-state index contributed by atoms with van der Waals surface area (Å²) in [7, 11) is 0. The molecule has 1 fully saturated rings. The van der Waals surface area contributed by atoms with Gasteiger partial charge in [0.15, 0.2) is 0 Å². The largest absolute Gasteiger partial charge is 0.344 e. The molecule has 1 heterocycles. The van der Waals surface area contributed by atoms with Crippen LogP contribution in [0.15, 0.2) is 30.3 Å². The maximum absolute atomic E-state index is 12.7. The molecule has 23 heavy (non-hydrogen) atoms. The Kier molecular flexibility index (Phi) is 8.06. The van der Waals surface area contributed by atoms with Gasteiger partial charge in [-0.15, -0.1) is 12.4 Å². The van der Waals surface area contributed by atoms with Crippen molar-refractivity contribution in [1.29, 1.82) is 0 Å². The van der Waals surface area contributed by atoms with Gasteiger partial charge in [0.2, 0.25) is 11.8 Å². The summed E-state index contributed by atoms with van der Waals surface area (Å²) in [6.45, 7) is 3.36. The summed E-state index contributed by atoms with van der Waals surface area (Å²) in [5.41, 5.74) is 6.71. The Labute approximate surface area is 144 Å². The van der Waals surface area contributed by atoms with E-state index in [1.54, 1.807) is 6.92 Å². The van der Waals surface area contributed by atoms with Gasteiger partial charge in [-0.25, -0.2) is 0 Å². The number of nitrogens with zero attached hydrogens (tertiary/aromatic N) is 1. The van der Waals surface area contributed by atoms with E-state index in [4.69, 9.17) is 5.73 Å². The lowest BCUT2D eigenvalue weighted by Crippen LogP contribution is -2.49. The van der Waals surface area contributed by atoms with Crippen molar-refractivity contribution in [3.8, 4) is 0 Å². The molecule has 1 aromatic carbocycles. The molecule has 3 N–H and O–H groups in total. The first kappa shape index (κ1) is 19.5. The Morgan fingerprint density at radius 1 is 1.22 bits per heavy atom. The third-order valence-electron chi connectivity index (χ3n) is 3.84. The lowest BCUT2D eigenvalue weighted by Gasteiger charge is -2.24. The number of hydrogen-bond donors (Lipinski definition) is 2. The predicted octanol–water partition coefficient (Wildman–Crippen LogP) is 1.50. The molecule has 0 spiro atoms. The zero-order valence-corrected chi connectivity index (χ0v) is 14.3. The molecule has 1 aliphatic rings. The van der Waals surface area contributed by atoms with Crippen LogP contribution in [0.1, 0.15) is 31.7 Å². The number of amides is 2. The van der Waals surface area contributed by atoms with Crippen LogP contribution in [0.4, 0.5) is 0 Å². The van der Waals surface area contributed by atoms with E-state index in [9.17, 15) is 9.59 Å². The number of carbonyl (C=O) groups is 2. The van der Waals surface area contributed by atoms with Gasteiger partial charge in [0.25, 0.3) is 0 Å². The van der Waals surface area contributed by atoms with Gasteiger partial charge < -0.3 is 16.0 Å². The van der Waals surface area contributed by atoms with E-state index in [1.165, 1.54) is 0 Å². The fourth-order valence-corrected chi connectivity index (χ4v) is 2.75. The van der Waals surface area contributed by atoms with E-state index < -0.39 is 6.04 Å². The quantitative estimate of drug-likeness (QED) is 0.824. The van der Waals surface area contributed by atoms with Gasteiger partial charge in [0.1, 0.15) is 6.04 Å². The number of halogens is 1. The minimum atomic E-state index is -0.508. The second-order valence-electron chi connectivity index (χ2n) is 6.02. The number of benzene rings is 1. The molecule has 1 aromatic rings. The van der Waals surface area contributed by atoms with Crippen LogP contribution >= 0.6 is 12.4 Å². The number of likely N-dealkylation sites (tertiary alicyclic amines) is 1. The van der Waals surface area contributed by atoms with Crippen molar-refractivity contribution in [3.05, 3.63) is 35.9 Å². The molecule has 0 radical (unpaired) electrons. The van der Waals surface area contributed by atoms with Gasteiger partial charge in [0, 0.05) is 32.0 Å². The molecule has 2 atom stereocenters. The summed E-state index contributed by atoms with van der Waals surface area (Å²) in [6, 6.07) is 9.05. The first-order valence-corrected chi connectivity index (χ1v) is 7.94. The molecule has 0 saturated carbocycles. The summed E-state index contributed by atoms with van der Waals surface area (Å²) in [6.07, 6.45) is 2.83. The molecule has 6 heteroatoms. The smallest absolute Gasteiger partial charge is 0.245 e.